The predicted molar refractivity (Wildman–Crippen MR) is 137 cm³/mol. The molecule has 2 N–H and O–H groups in total. The van der Waals surface area contributed by atoms with Crippen LogP contribution in [0.1, 0.15) is 5.56 Å². The van der Waals surface area contributed by atoms with E-state index in [1.807, 2.05) is 30.3 Å². The maximum Gasteiger partial charge on any atom is 0.242 e. The van der Waals surface area contributed by atoms with Gasteiger partial charge in [-0.3, -0.25) is 4.79 Å². The Kier molecular flexibility index (Phi) is 7.82. The summed E-state index contributed by atoms with van der Waals surface area (Å²) in [4.78, 5) is 13.2. The maximum absolute atomic E-state index is 13.2. The van der Waals surface area contributed by atoms with Crippen LogP contribution in [0.4, 0.5) is 5.69 Å². The van der Waals surface area contributed by atoms with Crippen molar-refractivity contribution in [3.05, 3.63) is 120 Å². The summed E-state index contributed by atoms with van der Waals surface area (Å²) < 4.78 is 34.2. The van der Waals surface area contributed by atoms with Crippen LogP contribution >= 0.6 is 11.6 Å². The molecule has 0 aliphatic rings. The second-order valence-corrected chi connectivity index (χ2v) is 9.90. The first-order valence-corrected chi connectivity index (χ1v) is 12.7. The molecule has 1 atom stereocenters. The fourth-order valence-corrected chi connectivity index (χ4v) is 4.79. The van der Waals surface area contributed by atoms with E-state index in [0.717, 1.165) is 5.56 Å². The van der Waals surface area contributed by atoms with E-state index in [9.17, 15) is 13.2 Å². The third-order valence-electron chi connectivity index (χ3n) is 5.10. The van der Waals surface area contributed by atoms with Crippen molar-refractivity contribution >= 4 is 33.2 Å². The van der Waals surface area contributed by atoms with Crippen LogP contribution in [0.25, 0.3) is 0 Å². The topological polar surface area (TPSA) is 84.5 Å². The lowest BCUT2D eigenvalue weighted by atomic mass is 10.1. The van der Waals surface area contributed by atoms with Crippen molar-refractivity contribution in [2.24, 2.45) is 0 Å². The van der Waals surface area contributed by atoms with Gasteiger partial charge in [0.2, 0.25) is 15.9 Å². The fourth-order valence-electron chi connectivity index (χ4n) is 3.39. The van der Waals surface area contributed by atoms with Crippen molar-refractivity contribution in [2.75, 3.05) is 5.32 Å². The molecule has 35 heavy (non-hydrogen) atoms. The molecular weight excluding hydrogens is 484 g/mol. The van der Waals surface area contributed by atoms with Gasteiger partial charge in [0, 0.05) is 10.7 Å². The Bertz CT molecular complexity index is 1380. The number of carbonyl (C=O) groups is 1. The minimum atomic E-state index is -3.90. The van der Waals surface area contributed by atoms with Crippen molar-refractivity contribution in [1.29, 1.82) is 0 Å². The average molecular weight is 507 g/mol. The van der Waals surface area contributed by atoms with E-state index in [-0.39, 0.29) is 11.3 Å². The number of rotatable bonds is 9. The van der Waals surface area contributed by atoms with Gasteiger partial charge in [-0.05, 0) is 66.6 Å². The van der Waals surface area contributed by atoms with E-state index in [2.05, 4.69) is 10.0 Å². The summed E-state index contributed by atoms with van der Waals surface area (Å²) in [6.45, 7) is 0. The number of amides is 1. The summed E-state index contributed by atoms with van der Waals surface area (Å²) in [5.41, 5.74) is 1.33. The van der Waals surface area contributed by atoms with Crippen molar-refractivity contribution < 1.29 is 17.9 Å². The largest absolute Gasteiger partial charge is 0.457 e. The van der Waals surface area contributed by atoms with E-state index in [1.54, 1.807) is 66.7 Å². The SMILES string of the molecule is O=C(Nc1ccc(Oc2cccc(Cl)c2)cc1)C(Cc1ccccc1)NS(=O)(=O)c1ccccc1. The molecule has 6 nitrogen and oxygen atoms in total. The van der Waals surface area contributed by atoms with Crippen molar-refractivity contribution in [3.63, 3.8) is 0 Å². The van der Waals surface area contributed by atoms with Gasteiger partial charge in [-0.2, -0.15) is 4.72 Å². The molecule has 0 saturated carbocycles. The Labute approximate surface area is 209 Å². The Morgan fingerprint density at radius 1 is 0.800 bits per heavy atom. The number of hydrogen-bond donors (Lipinski definition) is 2. The third-order valence-corrected chi connectivity index (χ3v) is 6.83. The highest BCUT2D eigenvalue weighted by atomic mass is 35.5. The number of sulfonamides is 1. The van der Waals surface area contributed by atoms with Crippen molar-refractivity contribution in [2.45, 2.75) is 17.4 Å². The predicted octanol–water partition coefficient (Wildman–Crippen LogP) is 5.66. The molecule has 0 heterocycles. The second kappa shape index (κ2) is 11.2. The summed E-state index contributed by atoms with van der Waals surface area (Å²) in [6.07, 6.45) is 0.189. The zero-order valence-corrected chi connectivity index (χ0v) is 20.2. The number of benzene rings is 4. The van der Waals surface area contributed by atoms with Crippen LogP contribution in [0, 0.1) is 0 Å². The van der Waals surface area contributed by atoms with Gasteiger partial charge in [0.05, 0.1) is 4.90 Å². The van der Waals surface area contributed by atoms with Crippen LogP contribution in [0.15, 0.2) is 114 Å². The van der Waals surface area contributed by atoms with Crippen LogP contribution in [0.5, 0.6) is 11.5 Å². The number of halogens is 1. The van der Waals surface area contributed by atoms with Crippen LogP contribution < -0.4 is 14.8 Å². The summed E-state index contributed by atoms with van der Waals surface area (Å²) in [6, 6.07) is 30.0. The van der Waals surface area contributed by atoms with E-state index in [4.69, 9.17) is 16.3 Å². The Hall–Kier alpha value is -3.65. The number of anilines is 1. The summed E-state index contributed by atoms with van der Waals surface area (Å²) in [7, 11) is -3.90. The molecule has 4 aromatic rings. The number of hydrogen-bond acceptors (Lipinski definition) is 4. The van der Waals surface area contributed by atoms with Gasteiger partial charge < -0.3 is 10.1 Å². The highest BCUT2D eigenvalue weighted by molar-refractivity contribution is 7.89. The lowest BCUT2D eigenvalue weighted by molar-refractivity contribution is -0.117. The van der Waals surface area contributed by atoms with Gasteiger partial charge in [-0.15, -0.1) is 0 Å². The van der Waals surface area contributed by atoms with Crippen LogP contribution in [0.3, 0.4) is 0 Å². The molecule has 178 valence electrons. The summed E-state index contributed by atoms with van der Waals surface area (Å²) in [5, 5.41) is 3.36. The van der Waals surface area contributed by atoms with Gasteiger partial charge in [-0.1, -0.05) is 66.2 Å². The van der Waals surface area contributed by atoms with Crippen LogP contribution in [-0.4, -0.2) is 20.4 Å². The molecule has 8 heteroatoms. The monoisotopic (exact) mass is 506 g/mol. The van der Waals surface area contributed by atoms with Crippen molar-refractivity contribution in [1.82, 2.24) is 4.72 Å². The highest BCUT2D eigenvalue weighted by Gasteiger charge is 2.26. The fraction of sp³-hybridized carbons (Fsp3) is 0.0741. The molecular formula is C27H23ClN2O4S. The first kappa shape index (κ1) is 24.5. The summed E-state index contributed by atoms with van der Waals surface area (Å²) >= 11 is 5.99. The van der Waals surface area contributed by atoms with Gasteiger partial charge in [0.15, 0.2) is 0 Å². The molecule has 4 aromatic carbocycles. The highest BCUT2D eigenvalue weighted by Crippen LogP contribution is 2.25. The average Bonchev–Trinajstić information content (AvgIpc) is 2.86. The van der Waals surface area contributed by atoms with Gasteiger partial charge >= 0.3 is 0 Å². The normalized spacial score (nSPS) is 12.0. The van der Waals surface area contributed by atoms with Crippen molar-refractivity contribution in [3.8, 4) is 11.5 Å². The van der Waals surface area contributed by atoms with E-state index in [1.165, 1.54) is 12.1 Å². The van der Waals surface area contributed by atoms with Crippen LogP contribution in [-0.2, 0) is 21.2 Å². The first-order chi connectivity index (χ1) is 16.9. The smallest absolute Gasteiger partial charge is 0.242 e. The molecule has 0 bridgehead atoms. The Morgan fingerprint density at radius 2 is 1.46 bits per heavy atom. The molecule has 1 unspecified atom stereocenters. The number of nitrogens with one attached hydrogen (secondary N) is 2. The molecule has 0 aliphatic carbocycles. The van der Waals surface area contributed by atoms with E-state index in [0.29, 0.717) is 22.2 Å². The lowest BCUT2D eigenvalue weighted by Crippen LogP contribution is -2.45. The Morgan fingerprint density at radius 3 is 2.11 bits per heavy atom. The quantitative estimate of drug-likeness (QED) is 0.307. The molecule has 0 aliphatic heterocycles. The number of ether oxygens (including phenoxy) is 1. The van der Waals surface area contributed by atoms with Gasteiger partial charge in [0.25, 0.3) is 0 Å². The molecule has 0 aromatic heterocycles. The molecule has 1 amide bonds. The van der Waals surface area contributed by atoms with E-state index < -0.39 is 22.0 Å². The second-order valence-electron chi connectivity index (χ2n) is 7.75. The Balaban J connectivity index is 1.49. The standard InChI is InChI=1S/C27H23ClN2O4S/c28-21-10-7-11-24(19-21)34-23-16-14-22(15-17-23)29-27(31)26(18-20-8-3-1-4-9-20)30-35(32,33)25-12-5-2-6-13-25/h1-17,19,26,30H,18H2,(H,29,31). The first-order valence-electron chi connectivity index (χ1n) is 10.8. The maximum atomic E-state index is 13.2. The van der Waals surface area contributed by atoms with Crippen LogP contribution in [0.2, 0.25) is 5.02 Å². The molecule has 0 fully saturated rings. The zero-order valence-electron chi connectivity index (χ0n) is 18.6. The summed E-state index contributed by atoms with van der Waals surface area (Å²) in [5.74, 6) is 0.681. The van der Waals surface area contributed by atoms with Gasteiger partial charge in [0.1, 0.15) is 17.5 Å². The van der Waals surface area contributed by atoms with Gasteiger partial charge in [-0.25, -0.2) is 8.42 Å². The van der Waals surface area contributed by atoms with E-state index >= 15 is 0 Å². The molecule has 4 rings (SSSR count). The molecule has 0 radical (unpaired) electrons. The molecule has 0 spiro atoms. The minimum Gasteiger partial charge on any atom is -0.457 e. The minimum absolute atomic E-state index is 0.0911. The number of carbonyl (C=O) groups excluding carboxylic acids is 1. The lowest BCUT2D eigenvalue weighted by Gasteiger charge is -2.19. The zero-order chi connectivity index (χ0) is 24.7. The third kappa shape index (κ3) is 6.93. The molecule has 0 saturated heterocycles.